The summed E-state index contributed by atoms with van der Waals surface area (Å²) >= 11 is 1.70. The van der Waals surface area contributed by atoms with Gasteiger partial charge in [0.1, 0.15) is 0 Å². The molecule has 0 fully saturated rings. The first-order chi connectivity index (χ1) is 7.42. The van der Waals surface area contributed by atoms with E-state index in [1.165, 1.54) is 4.70 Å². The van der Waals surface area contributed by atoms with Crippen molar-refractivity contribution in [2.45, 2.75) is 6.42 Å². The molecule has 0 bridgehead atoms. The van der Waals surface area contributed by atoms with Gasteiger partial charge in [0.15, 0.2) is 0 Å². The zero-order valence-corrected chi connectivity index (χ0v) is 8.66. The number of H-pyrrole nitrogens is 1. The summed E-state index contributed by atoms with van der Waals surface area (Å²) in [4.78, 5) is 4.52. The number of para-hydroxylation sites is 1. The Morgan fingerprint density at radius 2 is 2.20 bits per heavy atom. The van der Waals surface area contributed by atoms with E-state index in [1.54, 1.807) is 17.5 Å². The Hall–Kier alpha value is -1.75. The van der Waals surface area contributed by atoms with Gasteiger partial charge in [-0.05, 0) is 12.1 Å². The topological polar surface area (TPSA) is 54.5 Å². The standard InChI is InChI=1S/C10H8N4S/c1-2-4-9-8(3-1)12-10(15-9)5-7-6-11-14-13-7/h1-4,6H,5H2,(H,11,13,14). The molecular formula is C10H8N4S. The molecule has 0 saturated heterocycles. The van der Waals surface area contributed by atoms with E-state index in [0.717, 1.165) is 22.6 Å². The summed E-state index contributed by atoms with van der Waals surface area (Å²) in [7, 11) is 0. The van der Waals surface area contributed by atoms with Crippen molar-refractivity contribution in [1.82, 2.24) is 20.4 Å². The lowest BCUT2D eigenvalue weighted by Crippen LogP contribution is -1.86. The lowest BCUT2D eigenvalue weighted by atomic mass is 10.3. The fourth-order valence-electron chi connectivity index (χ4n) is 1.46. The summed E-state index contributed by atoms with van der Waals surface area (Å²) in [5, 5.41) is 11.4. The van der Waals surface area contributed by atoms with Gasteiger partial charge < -0.3 is 0 Å². The third-order valence-corrected chi connectivity index (χ3v) is 3.17. The average molecular weight is 216 g/mol. The molecule has 4 nitrogen and oxygen atoms in total. The van der Waals surface area contributed by atoms with Crippen LogP contribution in [0.25, 0.3) is 10.2 Å². The number of benzene rings is 1. The Morgan fingerprint density at radius 3 is 3.00 bits per heavy atom. The van der Waals surface area contributed by atoms with E-state index in [0.29, 0.717) is 0 Å². The molecule has 3 rings (SSSR count). The van der Waals surface area contributed by atoms with Crippen LogP contribution < -0.4 is 0 Å². The molecule has 0 aliphatic carbocycles. The Balaban J connectivity index is 1.98. The van der Waals surface area contributed by atoms with Crippen molar-refractivity contribution in [3.05, 3.63) is 41.2 Å². The lowest BCUT2D eigenvalue weighted by molar-refractivity contribution is 0.914. The number of fused-ring (bicyclic) bond motifs is 1. The molecule has 0 aliphatic rings. The Morgan fingerprint density at radius 1 is 1.27 bits per heavy atom. The number of hydrogen-bond acceptors (Lipinski definition) is 4. The summed E-state index contributed by atoms with van der Waals surface area (Å²) in [5.74, 6) is 0. The zero-order chi connectivity index (χ0) is 10.1. The lowest BCUT2D eigenvalue weighted by Gasteiger charge is -1.86. The van der Waals surface area contributed by atoms with Crippen molar-refractivity contribution in [1.29, 1.82) is 0 Å². The van der Waals surface area contributed by atoms with Gasteiger partial charge in [0.2, 0.25) is 0 Å². The van der Waals surface area contributed by atoms with Crippen LogP contribution >= 0.6 is 11.3 Å². The van der Waals surface area contributed by atoms with Gasteiger partial charge >= 0.3 is 0 Å². The molecule has 0 spiro atoms. The highest BCUT2D eigenvalue weighted by Gasteiger charge is 2.05. The van der Waals surface area contributed by atoms with Crippen molar-refractivity contribution in [3.63, 3.8) is 0 Å². The van der Waals surface area contributed by atoms with Crippen LogP contribution in [0.3, 0.4) is 0 Å². The van der Waals surface area contributed by atoms with Gasteiger partial charge in [-0.15, -0.1) is 16.4 Å². The van der Waals surface area contributed by atoms with Crippen LogP contribution in [0.4, 0.5) is 0 Å². The van der Waals surface area contributed by atoms with Gasteiger partial charge in [0.05, 0.1) is 20.9 Å². The normalized spacial score (nSPS) is 10.9. The maximum atomic E-state index is 4.52. The van der Waals surface area contributed by atoms with Crippen LogP contribution in [-0.4, -0.2) is 20.4 Å². The molecule has 3 aromatic rings. The van der Waals surface area contributed by atoms with E-state index >= 15 is 0 Å². The van der Waals surface area contributed by atoms with Gasteiger partial charge in [-0.1, -0.05) is 17.3 Å². The van der Waals surface area contributed by atoms with Gasteiger partial charge in [-0.3, -0.25) is 5.10 Å². The second-order valence-corrected chi connectivity index (χ2v) is 4.33. The zero-order valence-electron chi connectivity index (χ0n) is 7.84. The van der Waals surface area contributed by atoms with Crippen molar-refractivity contribution >= 4 is 21.6 Å². The molecule has 0 radical (unpaired) electrons. The maximum absolute atomic E-state index is 4.52. The molecule has 15 heavy (non-hydrogen) atoms. The largest absolute Gasteiger partial charge is 0.265 e. The molecule has 2 aromatic heterocycles. The predicted molar refractivity (Wildman–Crippen MR) is 58.8 cm³/mol. The van der Waals surface area contributed by atoms with Crippen LogP contribution in [0.15, 0.2) is 30.5 Å². The fraction of sp³-hybridized carbons (Fsp3) is 0.100. The van der Waals surface area contributed by atoms with Crippen molar-refractivity contribution < 1.29 is 0 Å². The van der Waals surface area contributed by atoms with Crippen LogP contribution in [0.5, 0.6) is 0 Å². The number of nitrogens with one attached hydrogen (secondary N) is 1. The summed E-state index contributed by atoms with van der Waals surface area (Å²) in [6, 6.07) is 8.14. The quantitative estimate of drug-likeness (QED) is 0.712. The van der Waals surface area contributed by atoms with E-state index in [4.69, 9.17) is 0 Å². The molecule has 0 unspecified atom stereocenters. The first kappa shape index (κ1) is 8.55. The van der Waals surface area contributed by atoms with E-state index in [9.17, 15) is 0 Å². The second kappa shape index (κ2) is 3.43. The number of aromatic amines is 1. The minimum atomic E-state index is 0.746. The molecule has 2 heterocycles. The van der Waals surface area contributed by atoms with Crippen LogP contribution in [0, 0.1) is 0 Å². The Bertz CT molecular complexity index is 537. The van der Waals surface area contributed by atoms with Crippen LogP contribution in [-0.2, 0) is 6.42 Å². The smallest absolute Gasteiger partial charge is 0.0999 e. The molecule has 1 aromatic carbocycles. The van der Waals surface area contributed by atoms with E-state index in [2.05, 4.69) is 26.5 Å². The Labute approximate surface area is 90.0 Å². The second-order valence-electron chi connectivity index (χ2n) is 3.22. The van der Waals surface area contributed by atoms with Crippen molar-refractivity contribution in [2.75, 3.05) is 0 Å². The molecule has 5 heteroatoms. The first-order valence-electron chi connectivity index (χ1n) is 4.61. The SMILES string of the molecule is c1ccc2sc(Cc3c[nH]nn3)nc2c1. The minimum absolute atomic E-state index is 0.746. The van der Waals surface area contributed by atoms with Gasteiger partial charge in [0, 0.05) is 12.6 Å². The highest BCUT2D eigenvalue weighted by atomic mass is 32.1. The number of nitrogens with zero attached hydrogens (tertiary/aromatic N) is 3. The summed E-state index contributed by atoms with van der Waals surface area (Å²) in [6.07, 6.45) is 2.54. The van der Waals surface area contributed by atoms with Gasteiger partial charge in [-0.2, -0.15) is 0 Å². The number of thiazole rings is 1. The van der Waals surface area contributed by atoms with E-state index in [1.807, 2.05) is 18.2 Å². The molecule has 0 atom stereocenters. The van der Waals surface area contributed by atoms with E-state index in [-0.39, 0.29) is 0 Å². The maximum Gasteiger partial charge on any atom is 0.0999 e. The molecular weight excluding hydrogens is 208 g/mol. The Kier molecular flexibility index (Phi) is 1.96. The average Bonchev–Trinajstić information content (AvgIpc) is 2.86. The molecule has 1 N–H and O–H groups in total. The molecule has 0 aliphatic heterocycles. The monoisotopic (exact) mass is 216 g/mol. The molecule has 0 saturated carbocycles. The van der Waals surface area contributed by atoms with E-state index < -0.39 is 0 Å². The number of aromatic nitrogens is 4. The fourth-order valence-corrected chi connectivity index (χ4v) is 2.44. The minimum Gasteiger partial charge on any atom is -0.265 e. The molecule has 0 amide bonds. The first-order valence-corrected chi connectivity index (χ1v) is 5.43. The van der Waals surface area contributed by atoms with Gasteiger partial charge in [-0.25, -0.2) is 4.98 Å². The van der Waals surface area contributed by atoms with Crippen molar-refractivity contribution in [2.24, 2.45) is 0 Å². The number of rotatable bonds is 2. The molecule has 74 valence electrons. The highest BCUT2D eigenvalue weighted by Crippen LogP contribution is 2.22. The summed E-state index contributed by atoms with van der Waals surface area (Å²) < 4.78 is 1.22. The van der Waals surface area contributed by atoms with Gasteiger partial charge in [0.25, 0.3) is 0 Å². The van der Waals surface area contributed by atoms with Crippen molar-refractivity contribution in [3.8, 4) is 0 Å². The highest BCUT2D eigenvalue weighted by molar-refractivity contribution is 7.18. The third kappa shape index (κ3) is 1.61. The summed E-state index contributed by atoms with van der Waals surface area (Å²) in [6.45, 7) is 0. The van der Waals surface area contributed by atoms with Crippen LogP contribution in [0.1, 0.15) is 10.7 Å². The predicted octanol–water partition coefficient (Wildman–Crippen LogP) is 2.01. The third-order valence-electron chi connectivity index (χ3n) is 2.14. The summed E-state index contributed by atoms with van der Waals surface area (Å²) in [5.41, 5.74) is 1.98. The van der Waals surface area contributed by atoms with Crippen LogP contribution in [0.2, 0.25) is 0 Å². The number of hydrogen-bond donors (Lipinski definition) is 1.